The quantitative estimate of drug-likeness (QED) is 0.434. The normalized spacial score (nSPS) is 11.8. The number of aromatic nitrogens is 1. The van der Waals surface area contributed by atoms with Crippen molar-refractivity contribution in [1.82, 2.24) is 4.98 Å². The fourth-order valence-electron chi connectivity index (χ4n) is 2.46. The van der Waals surface area contributed by atoms with Crippen LogP contribution in [0.5, 0.6) is 0 Å². The Hall–Kier alpha value is -0.753. The topological polar surface area (TPSA) is 40.6 Å². The van der Waals surface area contributed by atoms with Crippen LogP contribution < -0.4 is 0 Å². The van der Waals surface area contributed by atoms with E-state index in [2.05, 4.69) is 17.1 Å². The number of hydrogen-bond donors (Lipinski definition) is 0. The van der Waals surface area contributed by atoms with Gasteiger partial charge < -0.3 is 13.3 Å². The van der Waals surface area contributed by atoms with Gasteiger partial charge in [0, 0.05) is 39.3 Å². The number of hydrogen-bond acceptors (Lipinski definition) is 4. The van der Waals surface area contributed by atoms with Gasteiger partial charge in [-0.15, -0.1) is 0 Å². The van der Waals surface area contributed by atoms with Crippen LogP contribution in [0.15, 0.2) is 24.4 Å². The van der Waals surface area contributed by atoms with Crippen molar-refractivity contribution in [3.63, 3.8) is 0 Å². The van der Waals surface area contributed by atoms with Gasteiger partial charge in [0.15, 0.2) is 0 Å². The Morgan fingerprint density at radius 3 is 2.05 bits per heavy atom. The molecule has 0 aliphatic heterocycles. The minimum atomic E-state index is -2.35. The molecule has 0 aliphatic carbocycles. The van der Waals surface area contributed by atoms with Gasteiger partial charge in [0.2, 0.25) is 0 Å². The first-order valence-electron chi connectivity index (χ1n) is 7.81. The SMILES string of the molecule is CO[Si](CCCCCCCCc1ccccn1)(OC)OC. The highest BCUT2D eigenvalue weighted by atomic mass is 28.4. The van der Waals surface area contributed by atoms with Gasteiger partial charge in [-0.25, -0.2) is 0 Å². The van der Waals surface area contributed by atoms with Crippen LogP contribution in [0.3, 0.4) is 0 Å². The highest BCUT2D eigenvalue weighted by molar-refractivity contribution is 6.60. The maximum atomic E-state index is 5.42. The average molecular weight is 311 g/mol. The monoisotopic (exact) mass is 311 g/mol. The molecule has 0 spiro atoms. The van der Waals surface area contributed by atoms with E-state index in [0.29, 0.717) is 0 Å². The highest BCUT2D eigenvalue weighted by Crippen LogP contribution is 2.18. The summed E-state index contributed by atoms with van der Waals surface area (Å²) < 4.78 is 16.3. The summed E-state index contributed by atoms with van der Waals surface area (Å²) in [6.45, 7) is 0. The second-order valence-electron chi connectivity index (χ2n) is 5.24. The van der Waals surface area contributed by atoms with E-state index in [-0.39, 0.29) is 0 Å². The second kappa shape index (κ2) is 10.9. The molecule has 0 bridgehead atoms. The molecule has 120 valence electrons. The zero-order valence-corrected chi connectivity index (χ0v) is 14.6. The summed E-state index contributed by atoms with van der Waals surface area (Å²) in [6, 6.07) is 7.03. The summed E-state index contributed by atoms with van der Waals surface area (Å²) >= 11 is 0. The van der Waals surface area contributed by atoms with Crippen LogP contribution in [0.4, 0.5) is 0 Å². The number of rotatable bonds is 12. The van der Waals surface area contributed by atoms with Gasteiger partial charge in [-0.1, -0.05) is 31.7 Å². The second-order valence-corrected chi connectivity index (χ2v) is 8.33. The summed E-state index contributed by atoms with van der Waals surface area (Å²) in [5, 5.41) is 0. The van der Waals surface area contributed by atoms with Crippen molar-refractivity contribution in [1.29, 1.82) is 0 Å². The minimum absolute atomic E-state index is 0.907. The molecule has 0 aromatic carbocycles. The molecule has 0 atom stereocenters. The van der Waals surface area contributed by atoms with E-state index in [1.54, 1.807) is 21.3 Å². The Bertz CT molecular complexity index is 350. The van der Waals surface area contributed by atoms with Crippen LogP contribution in [0, 0.1) is 0 Å². The first kappa shape index (κ1) is 18.3. The van der Waals surface area contributed by atoms with Crippen LogP contribution in [-0.4, -0.2) is 35.1 Å². The van der Waals surface area contributed by atoms with Gasteiger partial charge in [-0.05, 0) is 31.4 Å². The molecule has 0 amide bonds. The summed E-state index contributed by atoms with van der Waals surface area (Å²) in [7, 11) is 2.69. The Balaban J connectivity index is 2.00. The van der Waals surface area contributed by atoms with Gasteiger partial charge in [0.1, 0.15) is 0 Å². The predicted molar refractivity (Wildman–Crippen MR) is 87.2 cm³/mol. The Labute approximate surface area is 130 Å². The molecule has 5 heteroatoms. The van der Waals surface area contributed by atoms with Crippen LogP contribution in [-0.2, 0) is 19.7 Å². The van der Waals surface area contributed by atoms with Crippen LogP contribution in [0.25, 0.3) is 0 Å². The van der Waals surface area contributed by atoms with E-state index in [1.807, 2.05) is 12.3 Å². The summed E-state index contributed by atoms with van der Waals surface area (Å²) in [4.78, 5) is 4.34. The maximum absolute atomic E-state index is 5.42. The standard InChI is InChI=1S/C16H29NO3Si/c1-18-21(19-2,20-3)15-11-7-5-4-6-8-12-16-13-9-10-14-17-16/h9-10,13-14H,4-8,11-12,15H2,1-3H3. The van der Waals surface area contributed by atoms with Crippen LogP contribution in [0.2, 0.25) is 6.04 Å². The third kappa shape index (κ3) is 7.18. The molecule has 0 unspecified atom stereocenters. The number of aryl methyl sites for hydroxylation is 1. The lowest BCUT2D eigenvalue weighted by Crippen LogP contribution is -2.42. The molecule has 1 aromatic heterocycles. The Morgan fingerprint density at radius 1 is 0.857 bits per heavy atom. The minimum Gasteiger partial charge on any atom is -0.377 e. The van der Waals surface area contributed by atoms with E-state index < -0.39 is 8.80 Å². The number of unbranched alkanes of at least 4 members (excludes halogenated alkanes) is 5. The molecule has 1 rings (SSSR count). The van der Waals surface area contributed by atoms with Gasteiger partial charge in [-0.3, -0.25) is 4.98 Å². The van der Waals surface area contributed by atoms with Crippen molar-refractivity contribution in [3.8, 4) is 0 Å². The third-order valence-electron chi connectivity index (χ3n) is 3.83. The molecular weight excluding hydrogens is 282 g/mol. The zero-order chi connectivity index (χ0) is 15.4. The lowest BCUT2D eigenvalue weighted by atomic mass is 10.1. The summed E-state index contributed by atoms with van der Waals surface area (Å²) in [5.41, 5.74) is 1.20. The fraction of sp³-hybridized carbons (Fsp3) is 0.688. The molecule has 0 aliphatic rings. The van der Waals surface area contributed by atoms with Crippen molar-refractivity contribution in [2.45, 2.75) is 51.0 Å². The van der Waals surface area contributed by atoms with Gasteiger partial charge in [-0.2, -0.15) is 0 Å². The largest absolute Gasteiger partial charge is 0.500 e. The number of pyridine rings is 1. The van der Waals surface area contributed by atoms with Gasteiger partial charge in [0.05, 0.1) is 0 Å². The molecule has 0 saturated carbocycles. The van der Waals surface area contributed by atoms with Crippen molar-refractivity contribution in [2.75, 3.05) is 21.3 Å². The van der Waals surface area contributed by atoms with Crippen molar-refractivity contribution >= 4 is 8.80 Å². The van der Waals surface area contributed by atoms with Crippen LogP contribution in [0.1, 0.15) is 44.2 Å². The fourth-order valence-corrected chi connectivity index (χ4v) is 4.25. The maximum Gasteiger partial charge on any atom is 0.500 e. The first-order chi connectivity index (χ1) is 10.3. The van der Waals surface area contributed by atoms with Crippen molar-refractivity contribution in [3.05, 3.63) is 30.1 Å². The van der Waals surface area contributed by atoms with Crippen LogP contribution >= 0.6 is 0 Å². The van der Waals surface area contributed by atoms with Gasteiger partial charge >= 0.3 is 8.80 Å². The van der Waals surface area contributed by atoms with E-state index in [9.17, 15) is 0 Å². The number of nitrogens with zero attached hydrogens (tertiary/aromatic N) is 1. The molecule has 21 heavy (non-hydrogen) atoms. The highest BCUT2D eigenvalue weighted by Gasteiger charge is 2.36. The van der Waals surface area contributed by atoms with E-state index in [4.69, 9.17) is 13.3 Å². The lowest BCUT2D eigenvalue weighted by Gasteiger charge is -2.24. The van der Waals surface area contributed by atoms with E-state index in [1.165, 1.54) is 37.8 Å². The summed E-state index contributed by atoms with van der Waals surface area (Å²) in [5.74, 6) is 0. The molecule has 4 nitrogen and oxygen atoms in total. The van der Waals surface area contributed by atoms with Crippen molar-refractivity contribution in [2.24, 2.45) is 0 Å². The third-order valence-corrected chi connectivity index (χ3v) is 6.66. The van der Waals surface area contributed by atoms with E-state index in [0.717, 1.165) is 18.9 Å². The van der Waals surface area contributed by atoms with Crippen molar-refractivity contribution < 1.29 is 13.3 Å². The summed E-state index contributed by atoms with van der Waals surface area (Å²) in [6.07, 6.45) is 10.3. The predicted octanol–water partition coefficient (Wildman–Crippen LogP) is 3.84. The van der Waals surface area contributed by atoms with E-state index >= 15 is 0 Å². The smallest absolute Gasteiger partial charge is 0.377 e. The molecule has 1 heterocycles. The average Bonchev–Trinajstić information content (AvgIpc) is 2.55. The van der Waals surface area contributed by atoms with Gasteiger partial charge in [0.25, 0.3) is 0 Å². The first-order valence-corrected chi connectivity index (χ1v) is 9.75. The molecule has 0 fully saturated rings. The molecule has 0 N–H and O–H groups in total. The molecule has 1 aromatic rings. The lowest BCUT2D eigenvalue weighted by molar-refractivity contribution is 0.122. The molecule has 0 saturated heterocycles. The Morgan fingerprint density at radius 2 is 1.48 bits per heavy atom. The molecule has 0 radical (unpaired) electrons. The zero-order valence-electron chi connectivity index (χ0n) is 13.6. The molecular formula is C16H29NO3Si. The Kier molecular flexibility index (Phi) is 9.50.